The lowest BCUT2D eigenvalue weighted by Gasteiger charge is -2.29. The molecule has 2 amide bonds. The van der Waals surface area contributed by atoms with E-state index in [1.165, 1.54) is 0 Å². The quantitative estimate of drug-likeness (QED) is 0.841. The van der Waals surface area contributed by atoms with Crippen molar-refractivity contribution >= 4 is 11.8 Å². The zero-order valence-electron chi connectivity index (χ0n) is 14.3. The monoisotopic (exact) mass is 304 g/mol. The lowest BCUT2D eigenvalue weighted by molar-refractivity contribution is -0.140. The normalized spacial score (nSPS) is 12.1. The fraction of sp³-hybridized carbons (Fsp3) is 0.556. The fourth-order valence-corrected chi connectivity index (χ4v) is 2.32. The molecule has 1 aromatic carbocycles. The molecule has 0 radical (unpaired) electrons. The molecular formula is C18H28N2O2. The largest absolute Gasteiger partial charge is 0.352 e. The number of rotatable bonds is 7. The van der Waals surface area contributed by atoms with Gasteiger partial charge >= 0.3 is 0 Å². The first-order chi connectivity index (χ1) is 10.4. The molecule has 0 aliphatic heterocycles. The van der Waals surface area contributed by atoms with Gasteiger partial charge in [-0.25, -0.2) is 0 Å². The Morgan fingerprint density at radius 2 is 1.82 bits per heavy atom. The Kier molecular flexibility index (Phi) is 7.09. The van der Waals surface area contributed by atoms with Crippen molar-refractivity contribution in [1.29, 1.82) is 0 Å². The molecule has 0 saturated heterocycles. The van der Waals surface area contributed by atoms with Crippen molar-refractivity contribution in [2.45, 2.75) is 66.1 Å². The number of nitrogens with zero attached hydrogens (tertiary/aromatic N) is 1. The van der Waals surface area contributed by atoms with E-state index in [1.54, 1.807) is 11.8 Å². The summed E-state index contributed by atoms with van der Waals surface area (Å²) in [6.07, 6.45) is 1.24. The minimum atomic E-state index is -0.471. The second kappa shape index (κ2) is 8.57. The van der Waals surface area contributed by atoms with Crippen LogP contribution in [0.4, 0.5) is 0 Å². The van der Waals surface area contributed by atoms with Gasteiger partial charge in [-0.05, 0) is 45.2 Å². The Morgan fingerprint density at radius 3 is 2.36 bits per heavy atom. The van der Waals surface area contributed by atoms with Crippen LogP contribution in [0.5, 0.6) is 0 Å². The molecule has 1 aromatic rings. The number of aryl methyl sites for hydroxylation is 1. The first-order valence-corrected chi connectivity index (χ1v) is 8.01. The van der Waals surface area contributed by atoms with Gasteiger partial charge in [-0.1, -0.05) is 31.2 Å². The van der Waals surface area contributed by atoms with Gasteiger partial charge in [-0.2, -0.15) is 0 Å². The first-order valence-electron chi connectivity index (χ1n) is 8.01. The molecular weight excluding hydrogens is 276 g/mol. The molecule has 4 nitrogen and oxygen atoms in total. The molecule has 0 unspecified atom stereocenters. The van der Waals surface area contributed by atoms with E-state index in [0.29, 0.717) is 13.0 Å². The molecule has 0 aromatic heterocycles. The molecule has 0 bridgehead atoms. The van der Waals surface area contributed by atoms with Gasteiger partial charge in [-0.3, -0.25) is 9.59 Å². The molecule has 1 rings (SSSR count). The van der Waals surface area contributed by atoms with E-state index in [2.05, 4.69) is 5.32 Å². The van der Waals surface area contributed by atoms with Gasteiger partial charge in [0.2, 0.25) is 11.8 Å². The summed E-state index contributed by atoms with van der Waals surface area (Å²) in [6.45, 7) is 10.1. The third-order valence-corrected chi connectivity index (χ3v) is 3.66. The van der Waals surface area contributed by atoms with Crippen molar-refractivity contribution in [2.75, 3.05) is 0 Å². The van der Waals surface area contributed by atoms with E-state index in [9.17, 15) is 9.59 Å². The topological polar surface area (TPSA) is 49.4 Å². The maximum absolute atomic E-state index is 12.4. The predicted molar refractivity (Wildman–Crippen MR) is 89.4 cm³/mol. The molecule has 1 N–H and O–H groups in total. The molecule has 4 heteroatoms. The molecule has 0 aliphatic rings. The highest BCUT2D eigenvalue weighted by Crippen LogP contribution is 2.15. The van der Waals surface area contributed by atoms with Gasteiger partial charge in [0, 0.05) is 19.0 Å². The predicted octanol–water partition coefficient (Wildman–Crippen LogP) is 3.04. The van der Waals surface area contributed by atoms with Crippen LogP contribution in [0.15, 0.2) is 24.3 Å². The van der Waals surface area contributed by atoms with Crippen LogP contribution in [0.1, 0.15) is 51.7 Å². The molecule has 0 spiro atoms. The number of carbonyl (C=O) groups excluding carboxylic acids is 2. The molecule has 22 heavy (non-hydrogen) atoms. The molecule has 0 saturated carbocycles. The Labute approximate surface area is 133 Å². The standard InChI is InChI=1S/C18H28N2O2/c1-6-9-17(21)20(15(5)18(22)19-13(2)3)12-16-11-8-7-10-14(16)4/h7-8,10-11,13,15H,6,9,12H2,1-5H3,(H,19,22)/t15-/m1/s1. The molecule has 0 fully saturated rings. The van der Waals surface area contributed by atoms with Gasteiger partial charge in [0.05, 0.1) is 0 Å². The summed E-state index contributed by atoms with van der Waals surface area (Å²) >= 11 is 0. The summed E-state index contributed by atoms with van der Waals surface area (Å²) in [6, 6.07) is 7.57. The average Bonchev–Trinajstić information content (AvgIpc) is 2.45. The van der Waals surface area contributed by atoms with Crippen LogP contribution in [-0.2, 0) is 16.1 Å². The summed E-state index contributed by atoms with van der Waals surface area (Å²) in [4.78, 5) is 26.4. The number of nitrogens with one attached hydrogen (secondary N) is 1. The Morgan fingerprint density at radius 1 is 1.18 bits per heavy atom. The van der Waals surface area contributed by atoms with Gasteiger partial charge in [-0.15, -0.1) is 0 Å². The van der Waals surface area contributed by atoms with Crippen molar-refractivity contribution < 1.29 is 9.59 Å². The Balaban J connectivity index is 2.95. The minimum absolute atomic E-state index is 0.0251. The first kappa shape index (κ1) is 18.2. The fourth-order valence-electron chi connectivity index (χ4n) is 2.32. The average molecular weight is 304 g/mol. The lowest BCUT2D eigenvalue weighted by atomic mass is 10.1. The number of hydrogen-bond acceptors (Lipinski definition) is 2. The van der Waals surface area contributed by atoms with Crippen LogP contribution >= 0.6 is 0 Å². The van der Waals surface area contributed by atoms with Crippen LogP contribution < -0.4 is 5.32 Å². The van der Waals surface area contributed by atoms with E-state index >= 15 is 0 Å². The summed E-state index contributed by atoms with van der Waals surface area (Å²) in [5.74, 6) is -0.0785. The summed E-state index contributed by atoms with van der Waals surface area (Å²) in [7, 11) is 0. The van der Waals surface area contributed by atoms with Gasteiger partial charge in [0.15, 0.2) is 0 Å². The number of hydrogen-bond donors (Lipinski definition) is 1. The van der Waals surface area contributed by atoms with Crippen LogP contribution in [0.3, 0.4) is 0 Å². The van der Waals surface area contributed by atoms with E-state index < -0.39 is 6.04 Å². The van der Waals surface area contributed by atoms with E-state index in [0.717, 1.165) is 17.5 Å². The summed E-state index contributed by atoms with van der Waals surface area (Å²) in [5.41, 5.74) is 2.21. The van der Waals surface area contributed by atoms with E-state index in [4.69, 9.17) is 0 Å². The lowest BCUT2D eigenvalue weighted by Crippen LogP contribution is -2.49. The van der Waals surface area contributed by atoms with E-state index in [-0.39, 0.29) is 17.9 Å². The molecule has 1 atom stereocenters. The Hall–Kier alpha value is -1.84. The third-order valence-electron chi connectivity index (χ3n) is 3.66. The van der Waals surface area contributed by atoms with Crippen molar-refractivity contribution in [3.8, 4) is 0 Å². The molecule has 0 heterocycles. The molecule has 122 valence electrons. The maximum atomic E-state index is 12.4. The van der Waals surface area contributed by atoms with Crippen LogP contribution in [0.2, 0.25) is 0 Å². The van der Waals surface area contributed by atoms with Crippen molar-refractivity contribution in [3.63, 3.8) is 0 Å². The highest BCUT2D eigenvalue weighted by atomic mass is 16.2. The van der Waals surface area contributed by atoms with E-state index in [1.807, 2.05) is 52.0 Å². The number of carbonyl (C=O) groups is 2. The van der Waals surface area contributed by atoms with Crippen LogP contribution in [0, 0.1) is 6.92 Å². The Bertz CT molecular complexity index is 512. The second-order valence-corrected chi connectivity index (χ2v) is 6.04. The summed E-state index contributed by atoms with van der Waals surface area (Å²) in [5, 5.41) is 2.89. The SMILES string of the molecule is CCCC(=O)N(Cc1ccccc1C)[C@H](C)C(=O)NC(C)C. The zero-order valence-corrected chi connectivity index (χ0v) is 14.3. The van der Waals surface area contributed by atoms with Gasteiger partial charge in [0.1, 0.15) is 6.04 Å². The van der Waals surface area contributed by atoms with Crippen molar-refractivity contribution in [3.05, 3.63) is 35.4 Å². The third kappa shape index (κ3) is 5.17. The highest BCUT2D eigenvalue weighted by Gasteiger charge is 2.26. The van der Waals surface area contributed by atoms with Crippen LogP contribution in [-0.4, -0.2) is 28.8 Å². The van der Waals surface area contributed by atoms with Crippen molar-refractivity contribution in [1.82, 2.24) is 10.2 Å². The minimum Gasteiger partial charge on any atom is -0.352 e. The van der Waals surface area contributed by atoms with Gasteiger partial charge < -0.3 is 10.2 Å². The zero-order chi connectivity index (χ0) is 16.7. The van der Waals surface area contributed by atoms with Crippen LogP contribution in [0.25, 0.3) is 0 Å². The maximum Gasteiger partial charge on any atom is 0.242 e. The number of benzene rings is 1. The van der Waals surface area contributed by atoms with Gasteiger partial charge in [0.25, 0.3) is 0 Å². The smallest absolute Gasteiger partial charge is 0.242 e. The molecule has 0 aliphatic carbocycles. The second-order valence-electron chi connectivity index (χ2n) is 6.04. The highest BCUT2D eigenvalue weighted by molar-refractivity contribution is 5.87. The summed E-state index contributed by atoms with van der Waals surface area (Å²) < 4.78 is 0. The number of amides is 2. The van der Waals surface area contributed by atoms with Crippen molar-refractivity contribution in [2.24, 2.45) is 0 Å².